The van der Waals surface area contributed by atoms with Gasteiger partial charge in [0.1, 0.15) is 6.71 Å². The average molecular weight is 158 g/mol. The number of rotatable bonds is 3. The minimum absolute atomic E-state index is 0.562. The van der Waals surface area contributed by atoms with Crippen LogP contribution in [0, 0.1) is 0 Å². The second-order valence-electron chi connectivity index (χ2n) is 2.93. The molecule has 2 heteroatoms. The van der Waals surface area contributed by atoms with Crippen molar-refractivity contribution >= 4 is 18.3 Å². The Bertz CT molecular complexity index is 118. The van der Waals surface area contributed by atoms with Crippen molar-refractivity contribution in [2.45, 2.75) is 39.7 Å². The summed E-state index contributed by atoms with van der Waals surface area (Å²) in [5, 5.41) is 1.01. The first kappa shape index (κ1) is 10.1. The summed E-state index contributed by atoms with van der Waals surface area (Å²) >= 11 is 5.99. The average Bonchev–Trinajstić information content (AvgIpc) is 1.88. The molecule has 0 aliphatic heterocycles. The Labute approximate surface area is 69.7 Å². The maximum absolute atomic E-state index is 5.99. The summed E-state index contributed by atoms with van der Waals surface area (Å²) in [6.45, 7) is 9.25. The normalized spacial score (nSPS) is 15.1. The lowest BCUT2D eigenvalue weighted by Crippen LogP contribution is -2.11. The maximum atomic E-state index is 5.99. The summed E-state index contributed by atoms with van der Waals surface area (Å²) in [5.74, 6) is 0.562. The molecule has 1 atom stereocenters. The molecule has 0 rings (SSSR count). The Kier molecular flexibility index (Phi) is 4.89. The van der Waals surface area contributed by atoms with Crippen LogP contribution in [-0.4, -0.2) is 6.71 Å². The van der Waals surface area contributed by atoms with E-state index in [1.165, 1.54) is 0 Å². The third-order valence-corrected chi connectivity index (χ3v) is 2.37. The monoisotopic (exact) mass is 158 g/mol. The van der Waals surface area contributed by atoms with Crippen molar-refractivity contribution in [3.05, 3.63) is 11.1 Å². The molecule has 58 valence electrons. The van der Waals surface area contributed by atoms with Gasteiger partial charge in [0.25, 0.3) is 0 Å². The van der Waals surface area contributed by atoms with Gasteiger partial charge in [-0.1, -0.05) is 44.7 Å². The van der Waals surface area contributed by atoms with Gasteiger partial charge in [0.15, 0.2) is 0 Å². The summed E-state index contributed by atoms with van der Waals surface area (Å²) in [4.78, 5) is 0. The van der Waals surface area contributed by atoms with Crippen LogP contribution in [0.4, 0.5) is 0 Å². The molecule has 0 nitrogen and oxygen atoms in total. The molecule has 0 heterocycles. The Hall–Kier alpha value is 0.0949. The highest BCUT2D eigenvalue weighted by atomic mass is 35.5. The molecule has 0 fully saturated rings. The first-order chi connectivity index (χ1) is 4.63. The minimum Gasteiger partial charge on any atom is -0.0900 e. The van der Waals surface area contributed by atoms with Gasteiger partial charge in [-0.3, -0.25) is 0 Å². The molecule has 0 radical (unpaired) electrons. The van der Waals surface area contributed by atoms with Gasteiger partial charge in [0.05, 0.1) is 0 Å². The molecule has 10 heavy (non-hydrogen) atoms. The number of hydrogen-bond acceptors (Lipinski definition) is 0. The standard InChI is InChI=1S/C8H16BCl/c1-5-7(9(3)4)8(10)6-2/h6-7H,5H2,1-4H3/b8-6-. The number of halogens is 1. The number of hydrogen-bond donors (Lipinski definition) is 0. The van der Waals surface area contributed by atoms with E-state index in [2.05, 4.69) is 20.6 Å². The second-order valence-corrected chi connectivity index (χ2v) is 3.37. The lowest BCUT2D eigenvalue weighted by atomic mass is 9.44. The summed E-state index contributed by atoms with van der Waals surface area (Å²) in [7, 11) is 0. The van der Waals surface area contributed by atoms with E-state index in [9.17, 15) is 0 Å². The van der Waals surface area contributed by atoms with Crippen LogP contribution in [-0.2, 0) is 0 Å². The quantitative estimate of drug-likeness (QED) is 0.550. The largest absolute Gasteiger partial charge is 0.143 e. The highest BCUT2D eigenvalue weighted by Gasteiger charge is 2.15. The predicted octanol–water partition coefficient (Wildman–Crippen LogP) is 3.66. The Morgan fingerprint density at radius 2 is 2.10 bits per heavy atom. The zero-order valence-electron chi connectivity index (χ0n) is 7.32. The molecule has 1 unspecified atom stereocenters. The first-order valence-electron chi connectivity index (χ1n) is 3.95. The summed E-state index contributed by atoms with van der Waals surface area (Å²) < 4.78 is 0. The third-order valence-electron chi connectivity index (χ3n) is 1.87. The van der Waals surface area contributed by atoms with Crippen LogP contribution in [0.1, 0.15) is 20.3 Å². The Balaban J connectivity index is 4.07. The molecule has 0 amide bonds. The van der Waals surface area contributed by atoms with E-state index in [1.807, 2.05) is 13.0 Å². The molecular weight excluding hydrogens is 142 g/mol. The van der Waals surface area contributed by atoms with Crippen LogP contribution in [0.15, 0.2) is 11.1 Å². The zero-order chi connectivity index (χ0) is 8.15. The van der Waals surface area contributed by atoms with Crippen LogP contribution < -0.4 is 0 Å². The van der Waals surface area contributed by atoms with Crippen LogP contribution in [0.25, 0.3) is 0 Å². The van der Waals surface area contributed by atoms with E-state index in [-0.39, 0.29) is 0 Å². The summed E-state index contributed by atoms with van der Waals surface area (Å²) in [5.41, 5.74) is 0. The van der Waals surface area contributed by atoms with E-state index in [4.69, 9.17) is 11.6 Å². The third kappa shape index (κ3) is 2.79. The van der Waals surface area contributed by atoms with Gasteiger partial charge < -0.3 is 0 Å². The van der Waals surface area contributed by atoms with Crippen LogP contribution in [0.3, 0.4) is 0 Å². The maximum Gasteiger partial charge on any atom is 0.143 e. The van der Waals surface area contributed by atoms with E-state index >= 15 is 0 Å². The first-order valence-corrected chi connectivity index (χ1v) is 4.33. The molecule has 0 spiro atoms. The van der Waals surface area contributed by atoms with Crippen LogP contribution in [0.5, 0.6) is 0 Å². The molecule has 0 aliphatic carbocycles. The van der Waals surface area contributed by atoms with Crippen LogP contribution >= 0.6 is 11.6 Å². The van der Waals surface area contributed by atoms with E-state index in [0.717, 1.165) is 11.5 Å². The van der Waals surface area contributed by atoms with Crippen molar-refractivity contribution in [3.63, 3.8) is 0 Å². The molecule has 0 N–H and O–H groups in total. The SMILES string of the molecule is C/C=C(\Cl)C(CC)B(C)C. The molecular formula is C8H16BCl. The molecule has 0 bridgehead atoms. The second kappa shape index (κ2) is 4.84. The van der Waals surface area contributed by atoms with E-state index < -0.39 is 0 Å². The fourth-order valence-electron chi connectivity index (χ4n) is 1.20. The molecule has 0 saturated heterocycles. The zero-order valence-corrected chi connectivity index (χ0v) is 8.07. The lowest BCUT2D eigenvalue weighted by molar-refractivity contribution is 0.915. The van der Waals surface area contributed by atoms with Gasteiger partial charge in [-0.25, -0.2) is 0 Å². The van der Waals surface area contributed by atoms with Gasteiger partial charge in [0.2, 0.25) is 0 Å². The van der Waals surface area contributed by atoms with Crippen molar-refractivity contribution in [1.29, 1.82) is 0 Å². The highest BCUT2D eigenvalue weighted by molar-refractivity contribution is 6.60. The molecule has 0 aliphatic rings. The molecule has 0 aromatic rings. The predicted molar refractivity (Wildman–Crippen MR) is 51.1 cm³/mol. The minimum atomic E-state index is 0.562. The Morgan fingerprint density at radius 1 is 1.60 bits per heavy atom. The Morgan fingerprint density at radius 3 is 2.20 bits per heavy atom. The van der Waals surface area contributed by atoms with Gasteiger partial charge in [-0.2, -0.15) is 0 Å². The smallest absolute Gasteiger partial charge is 0.0900 e. The topological polar surface area (TPSA) is 0 Å². The lowest BCUT2D eigenvalue weighted by Gasteiger charge is -2.14. The van der Waals surface area contributed by atoms with Crippen molar-refractivity contribution < 1.29 is 0 Å². The molecule has 0 aromatic heterocycles. The van der Waals surface area contributed by atoms with E-state index in [0.29, 0.717) is 12.5 Å². The fraction of sp³-hybridized carbons (Fsp3) is 0.750. The van der Waals surface area contributed by atoms with E-state index in [1.54, 1.807) is 0 Å². The van der Waals surface area contributed by atoms with Gasteiger partial charge in [-0.15, -0.1) is 0 Å². The van der Waals surface area contributed by atoms with Gasteiger partial charge in [-0.05, 0) is 12.7 Å². The van der Waals surface area contributed by atoms with Crippen molar-refractivity contribution in [2.75, 3.05) is 0 Å². The molecule has 0 saturated carbocycles. The summed E-state index contributed by atoms with van der Waals surface area (Å²) in [6.07, 6.45) is 3.14. The number of allylic oxidation sites excluding steroid dienone is 2. The van der Waals surface area contributed by atoms with Crippen molar-refractivity contribution in [3.8, 4) is 0 Å². The summed E-state index contributed by atoms with van der Waals surface area (Å²) in [6, 6.07) is 0. The fourth-order valence-corrected chi connectivity index (χ4v) is 1.61. The van der Waals surface area contributed by atoms with Crippen molar-refractivity contribution in [2.24, 2.45) is 0 Å². The van der Waals surface area contributed by atoms with Crippen LogP contribution in [0.2, 0.25) is 19.5 Å². The van der Waals surface area contributed by atoms with Gasteiger partial charge in [0, 0.05) is 5.03 Å². The van der Waals surface area contributed by atoms with Gasteiger partial charge >= 0.3 is 0 Å². The van der Waals surface area contributed by atoms with Crippen molar-refractivity contribution in [1.82, 2.24) is 0 Å². The molecule has 0 aromatic carbocycles. The highest BCUT2D eigenvalue weighted by Crippen LogP contribution is 2.27.